The SMILES string of the molecule is O=C(O)c1ccc(CCN2C(=O)OC=CN2CCC(O)Cc2cccc(C#Cc3ccsc3)c2)s1. The van der Waals surface area contributed by atoms with Crippen molar-refractivity contribution in [1.82, 2.24) is 10.0 Å². The number of benzene rings is 1. The summed E-state index contributed by atoms with van der Waals surface area (Å²) in [5, 5.41) is 26.9. The number of cyclic esters (lactones) is 1. The minimum absolute atomic E-state index is 0.266. The Hall–Kier alpha value is -3.58. The number of carboxylic acids is 1. The van der Waals surface area contributed by atoms with Crippen LogP contribution < -0.4 is 0 Å². The number of carbonyl (C=O) groups excluding carboxylic acids is 1. The van der Waals surface area contributed by atoms with Gasteiger partial charge in [-0.1, -0.05) is 24.0 Å². The maximum absolute atomic E-state index is 12.3. The van der Waals surface area contributed by atoms with Crippen molar-refractivity contribution in [3.8, 4) is 11.8 Å². The smallest absolute Gasteiger partial charge is 0.433 e. The number of ether oxygens (including phenoxy) is 1. The zero-order valence-corrected chi connectivity index (χ0v) is 20.4. The number of hydrogen-bond donors (Lipinski definition) is 2. The van der Waals surface area contributed by atoms with Crippen LogP contribution in [-0.4, -0.2) is 51.5 Å². The van der Waals surface area contributed by atoms with Gasteiger partial charge in [-0.3, -0.25) is 5.01 Å². The normalized spacial score (nSPS) is 13.8. The molecule has 1 aromatic carbocycles. The number of carbonyl (C=O) groups is 2. The third-order valence-corrected chi connectivity index (χ3v) is 7.14. The van der Waals surface area contributed by atoms with Crippen molar-refractivity contribution < 1.29 is 24.5 Å². The van der Waals surface area contributed by atoms with Crippen LogP contribution in [0.4, 0.5) is 4.79 Å². The van der Waals surface area contributed by atoms with Crippen molar-refractivity contribution in [1.29, 1.82) is 0 Å². The predicted molar refractivity (Wildman–Crippen MR) is 135 cm³/mol. The Labute approximate surface area is 211 Å². The minimum Gasteiger partial charge on any atom is -0.477 e. The summed E-state index contributed by atoms with van der Waals surface area (Å²) < 4.78 is 5.02. The second-order valence-corrected chi connectivity index (χ2v) is 9.83. The first-order chi connectivity index (χ1) is 17.0. The van der Waals surface area contributed by atoms with Crippen LogP contribution in [0, 0.1) is 11.8 Å². The van der Waals surface area contributed by atoms with Crippen LogP contribution in [0.1, 0.15) is 37.7 Å². The van der Waals surface area contributed by atoms with E-state index in [0.717, 1.165) is 21.6 Å². The monoisotopic (exact) mass is 508 g/mol. The molecule has 0 bridgehead atoms. The highest BCUT2D eigenvalue weighted by atomic mass is 32.1. The minimum atomic E-state index is -0.961. The number of amides is 1. The molecule has 3 heterocycles. The summed E-state index contributed by atoms with van der Waals surface area (Å²) >= 11 is 2.80. The Morgan fingerprint density at radius 1 is 1.11 bits per heavy atom. The molecule has 180 valence electrons. The quantitative estimate of drug-likeness (QED) is 0.411. The van der Waals surface area contributed by atoms with Crippen LogP contribution in [0.15, 0.2) is 65.7 Å². The van der Waals surface area contributed by atoms with Gasteiger partial charge >= 0.3 is 12.1 Å². The van der Waals surface area contributed by atoms with Gasteiger partial charge in [-0.15, -0.1) is 11.3 Å². The van der Waals surface area contributed by atoms with Gasteiger partial charge in [-0.2, -0.15) is 11.3 Å². The maximum atomic E-state index is 12.3. The van der Waals surface area contributed by atoms with Crippen LogP contribution >= 0.6 is 22.7 Å². The van der Waals surface area contributed by atoms with Gasteiger partial charge in [0, 0.05) is 34.3 Å². The lowest BCUT2D eigenvalue weighted by Crippen LogP contribution is -2.47. The molecule has 0 fully saturated rings. The van der Waals surface area contributed by atoms with Gasteiger partial charge in [0.2, 0.25) is 0 Å². The van der Waals surface area contributed by atoms with Crippen LogP contribution in [-0.2, 0) is 17.6 Å². The number of hydrogen-bond acceptors (Lipinski definition) is 7. The van der Waals surface area contributed by atoms with E-state index >= 15 is 0 Å². The van der Waals surface area contributed by atoms with Gasteiger partial charge in [-0.05, 0) is 54.1 Å². The third-order valence-electron chi connectivity index (χ3n) is 5.33. The molecule has 0 radical (unpaired) electrons. The van der Waals surface area contributed by atoms with Crippen LogP contribution in [0.25, 0.3) is 0 Å². The van der Waals surface area contributed by atoms with E-state index in [9.17, 15) is 14.7 Å². The van der Waals surface area contributed by atoms with E-state index in [1.165, 1.54) is 22.6 Å². The molecule has 4 rings (SSSR count). The van der Waals surface area contributed by atoms with Crippen molar-refractivity contribution >= 4 is 34.7 Å². The Balaban J connectivity index is 1.31. The lowest BCUT2D eigenvalue weighted by molar-refractivity contribution is -0.000350. The standard InChI is InChI=1S/C26H24N2O5S2/c29-22(17-21-3-1-2-19(16-21)4-5-20-10-15-34-18-20)8-11-27-13-14-33-26(32)28(27)12-9-23-6-7-24(35-23)25(30)31/h1-3,6-7,10,13-16,18,22,29H,8-9,11-12,17H2,(H,30,31). The number of thiophene rings is 2. The number of nitrogens with zero attached hydrogens (tertiary/aromatic N) is 2. The molecule has 9 heteroatoms. The zero-order chi connectivity index (χ0) is 24.6. The molecule has 1 unspecified atom stereocenters. The topological polar surface area (TPSA) is 90.3 Å². The molecule has 2 N–H and O–H groups in total. The molecule has 3 aromatic rings. The molecule has 0 aliphatic carbocycles. The van der Waals surface area contributed by atoms with E-state index < -0.39 is 18.2 Å². The summed E-state index contributed by atoms with van der Waals surface area (Å²) in [6.07, 6.45) is 3.30. The molecule has 0 spiro atoms. The Kier molecular flexibility index (Phi) is 8.21. The lowest BCUT2D eigenvalue weighted by Gasteiger charge is -2.35. The van der Waals surface area contributed by atoms with E-state index in [1.54, 1.807) is 34.7 Å². The molecule has 2 aromatic heterocycles. The van der Waals surface area contributed by atoms with Crippen molar-refractivity contribution in [2.24, 2.45) is 0 Å². The first kappa shape index (κ1) is 24.5. The number of hydrazine groups is 1. The zero-order valence-electron chi connectivity index (χ0n) is 18.8. The summed E-state index contributed by atoms with van der Waals surface area (Å²) in [5.41, 5.74) is 2.87. The van der Waals surface area contributed by atoms with Gasteiger partial charge in [0.1, 0.15) is 11.1 Å². The molecule has 7 nitrogen and oxygen atoms in total. The molecule has 1 atom stereocenters. The molecular weight excluding hydrogens is 484 g/mol. The summed E-state index contributed by atoms with van der Waals surface area (Å²) in [5.74, 6) is 5.33. The lowest BCUT2D eigenvalue weighted by atomic mass is 10.0. The Bertz CT molecular complexity index is 1260. The van der Waals surface area contributed by atoms with E-state index in [2.05, 4.69) is 11.8 Å². The maximum Gasteiger partial charge on any atom is 0.433 e. The molecule has 0 saturated heterocycles. The van der Waals surface area contributed by atoms with E-state index in [-0.39, 0.29) is 4.88 Å². The average molecular weight is 509 g/mol. The van der Waals surface area contributed by atoms with Gasteiger partial charge < -0.3 is 14.9 Å². The Morgan fingerprint density at radius 2 is 1.97 bits per heavy atom. The molecule has 35 heavy (non-hydrogen) atoms. The Morgan fingerprint density at radius 3 is 2.74 bits per heavy atom. The second kappa shape index (κ2) is 11.7. The number of aliphatic hydroxyl groups excluding tert-OH is 1. The van der Waals surface area contributed by atoms with Gasteiger partial charge in [0.25, 0.3) is 0 Å². The van der Waals surface area contributed by atoms with Crippen molar-refractivity contribution in [3.63, 3.8) is 0 Å². The molecule has 0 saturated carbocycles. The highest BCUT2D eigenvalue weighted by molar-refractivity contribution is 7.13. The van der Waals surface area contributed by atoms with Crippen molar-refractivity contribution in [2.45, 2.75) is 25.4 Å². The number of aromatic carboxylic acids is 1. The number of aliphatic hydroxyl groups is 1. The van der Waals surface area contributed by atoms with Crippen LogP contribution in [0.3, 0.4) is 0 Å². The van der Waals surface area contributed by atoms with E-state index in [0.29, 0.717) is 32.4 Å². The molecular formula is C26H24N2O5S2. The van der Waals surface area contributed by atoms with Crippen LogP contribution in [0.2, 0.25) is 0 Å². The molecule has 1 aliphatic heterocycles. The summed E-state index contributed by atoms with van der Waals surface area (Å²) in [4.78, 5) is 24.5. The van der Waals surface area contributed by atoms with E-state index in [1.807, 2.05) is 41.1 Å². The van der Waals surface area contributed by atoms with Crippen molar-refractivity contribution in [2.75, 3.05) is 13.1 Å². The predicted octanol–water partition coefficient (Wildman–Crippen LogP) is 4.58. The highest BCUT2D eigenvalue weighted by Gasteiger charge is 2.24. The first-order valence-electron chi connectivity index (χ1n) is 11.0. The fraction of sp³-hybridized carbons (Fsp3) is 0.231. The average Bonchev–Trinajstić information content (AvgIpc) is 3.53. The van der Waals surface area contributed by atoms with Gasteiger partial charge in [0.15, 0.2) is 0 Å². The highest BCUT2D eigenvalue weighted by Crippen LogP contribution is 2.19. The largest absolute Gasteiger partial charge is 0.477 e. The number of carboxylic acid groups (broad SMARTS) is 1. The summed E-state index contributed by atoms with van der Waals surface area (Å²) in [6, 6.07) is 13.1. The van der Waals surface area contributed by atoms with Crippen LogP contribution in [0.5, 0.6) is 0 Å². The van der Waals surface area contributed by atoms with Crippen molar-refractivity contribution in [3.05, 3.63) is 92.1 Å². The molecule has 1 amide bonds. The first-order valence-corrected chi connectivity index (χ1v) is 12.8. The van der Waals surface area contributed by atoms with E-state index in [4.69, 9.17) is 9.84 Å². The fourth-order valence-corrected chi connectivity index (χ4v) is 5.00. The second-order valence-electron chi connectivity index (χ2n) is 7.89. The number of rotatable bonds is 9. The fourth-order valence-electron chi connectivity index (χ4n) is 3.57. The summed E-state index contributed by atoms with van der Waals surface area (Å²) in [7, 11) is 0. The summed E-state index contributed by atoms with van der Waals surface area (Å²) in [6.45, 7) is 0.763. The third kappa shape index (κ3) is 6.96. The molecule has 1 aliphatic rings. The van der Waals surface area contributed by atoms with Gasteiger partial charge in [0.05, 0.1) is 18.8 Å². The van der Waals surface area contributed by atoms with Gasteiger partial charge in [-0.25, -0.2) is 14.6 Å².